The van der Waals surface area contributed by atoms with Gasteiger partial charge in [0.2, 0.25) is 0 Å². The second kappa shape index (κ2) is 3.72. The maximum absolute atomic E-state index is 6.30. The molecule has 0 aliphatic heterocycles. The molecular weight excluding hydrogens is 256 g/mol. The molecule has 2 aromatic heterocycles. The van der Waals surface area contributed by atoms with E-state index in [1.807, 2.05) is 18.2 Å². The molecule has 0 spiro atoms. The van der Waals surface area contributed by atoms with Crippen molar-refractivity contribution in [1.82, 2.24) is 9.97 Å². The average molecular weight is 267 g/mol. The van der Waals surface area contributed by atoms with Crippen LogP contribution in [0.1, 0.15) is 5.56 Å². The van der Waals surface area contributed by atoms with Crippen molar-refractivity contribution in [1.29, 1.82) is 0 Å². The van der Waals surface area contributed by atoms with Gasteiger partial charge in [0.05, 0.1) is 21.6 Å². The molecule has 0 unspecified atom stereocenters. The van der Waals surface area contributed by atoms with E-state index >= 15 is 0 Å². The topological polar surface area (TPSA) is 28.7 Å². The van der Waals surface area contributed by atoms with E-state index in [4.69, 9.17) is 16.6 Å². The molecule has 19 heavy (non-hydrogen) atoms. The number of nitrogens with one attached hydrogen (secondary N) is 1. The Morgan fingerprint density at radius 2 is 1.95 bits per heavy atom. The van der Waals surface area contributed by atoms with Gasteiger partial charge in [-0.3, -0.25) is 0 Å². The lowest BCUT2D eigenvalue weighted by molar-refractivity contribution is 1.44. The molecule has 0 saturated carbocycles. The molecule has 2 heterocycles. The van der Waals surface area contributed by atoms with Crippen LogP contribution in [0.5, 0.6) is 0 Å². The Bertz CT molecular complexity index is 938. The summed E-state index contributed by atoms with van der Waals surface area (Å²) in [6, 6.07) is 14.3. The maximum Gasteiger partial charge on any atom is 0.0980 e. The highest BCUT2D eigenvalue weighted by Gasteiger charge is 2.10. The third-order valence-corrected chi connectivity index (χ3v) is 3.81. The maximum atomic E-state index is 6.30. The fourth-order valence-corrected chi connectivity index (χ4v) is 2.84. The lowest BCUT2D eigenvalue weighted by atomic mass is 10.1. The van der Waals surface area contributed by atoms with Gasteiger partial charge in [0.1, 0.15) is 0 Å². The van der Waals surface area contributed by atoms with E-state index in [2.05, 4.69) is 36.2 Å². The first-order chi connectivity index (χ1) is 9.22. The van der Waals surface area contributed by atoms with Gasteiger partial charge in [-0.15, -0.1) is 0 Å². The molecule has 0 atom stereocenters. The van der Waals surface area contributed by atoms with Gasteiger partial charge in [0, 0.05) is 16.3 Å². The van der Waals surface area contributed by atoms with Crippen LogP contribution in [0.4, 0.5) is 0 Å². The zero-order valence-electron chi connectivity index (χ0n) is 10.4. The van der Waals surface area contributed by atoms with E-state index in [1.165, 1.54) is 5.56 Å². The lowest BCUT2D eigenvalue weighted by Crippen LogP contribution is -1.82. The minimum Gasteiger partial charge on any atom is -0.353 e. The van der Waals surface area contributed by atoms with Gasteiger partial charge >= 0.3 is 0 Å². The van der Waals surface area contributed by atoms with Crippen LogP contribution in [0, 0.1) is 6.92 Å². The SMILES string of the molecule is Cc1ccc2cc3[nH]c4cccc(Cl)c4c3nc2c1. The van der Waals surface area contributed by atoms with Crippen molar-refractivity contribution in [2.45, 2.75) is 6.92 Å². The van der Waals surface area contributed by atoms with Crippen molar-refractivity contribution < 1.29 is 0 Å². The zero-order chi connectivity index (χ0) is 13.0. The number of aryl methyl sites for hydroxylation is 1. The van der Waals surface area contributed by atoms with Crippen LogP contribution in [0.25, 0.3) is 32.8 Å². The monoisotopic (exact) mass is 266 g/mol. The second-order valence-electron chi connectivity index (χ2n) is 4.87. The summed E-state index contributed by atoms with van der Waals surface area (Å²) in [7, 11) is 0. The Morgan fingerprint density at radius 3 is 2.84 bits per heavy atom. The average Bonchev–Trinajstić information content (AvgIpc) is 2.74. The van der Waals surface area contributed by atoms with Gasteiger partial charge in [-0.25, -0.2) is 4.98 Å². The van der Waals surface area contributed by atoms with Crippen molar-refractivity contribution in [3.05, 3.63) is 53.1 Å². The summed E-state index contributed by atoms with van der Waals surface area (Å²) in [5, 5.41) is 2.88. The summed E-state index contributed by atoms with van der Waals surface area (Å²) in [4.78, 5) is 8.15. The first-order valence-electron chi connectivity index (χ1n) is 6.20. The first-order valence-corrected chi connectivity index (χ1v) is 6.57. The smallest absolute Gasteiger partial charge is 0.0980 e. The molecule has 0 saturated heterocycles. The van der Waals surface area contributed by atoms with Gasteiger partial charge in [-0.05, 0) is 36.8 Å². The number of H-pyrrole nitrogens is 1. The highest BCUT2D eigenvalue weighted by Crippen LogP contribution is 2.31. The minimum absolute atomic E-state index is 0.739. The number of benzene rings is 2. The third kappa shape index (κ3) is 1.53. The summed E-state index contributed by atoms with van der Waals surface area (Å²) in [6.07, 6.45) is 0. The number of halogens is 1. The van der Waals surface area contributed by atoms with Gasteiger partial charge in [0.25, 0.3) is 0 Å². The van der Waals surface area contributed by atoms with Crippen molar-refractivity contribution in [2.24, 2.45) is 0 Å². The highest BCUT2D eigenvalue weighted by molar-refractivity contribution is 6.37. The number of hydrogen-bond acceptors (Lipinski definition) is 1. The Balaban J connectivity index is 2.25. The van der Waals surface area contributed by atoms with E-state index in [-0.39, 0.29) is 0 Å². The molecule has 0 aliphatic rings. The number of aromatic amines is 1. The summed E-state index contributed by atoms with van der Waals surface area (Å²) >= 11 is 6.30. The predicted octanol–water partition coefficient (Wildman–Crippen LogP) is 4.83. The largest absolute Gasteiger partial charge is 0.353 e. The number of hydrogen-bond donors (Lipinski definition) is 1. The second-order valence-corrected chi connectivity index (χ2v) is 5.28. The van der Waals surface area contributed by atoms with Crippen LogP contribution in [0.3, 0.4) is 0 Å². The molecule has 1 N–H and O–H groups in total. The molecule has 0 radical (unpaired) electrons. The van der Waals surface area contributed by atoms with E-state index in [0.29, 0.717) is 0 Å². The van der Waals surface area contributed by atoms with Crippen molar-refractivity contribution >= 4 is 44.4 Å². The molecular formula is C16H11ClN2. The molecule has 92 valence electrons. The number of fused-ring (bicyclic) bond motifs is 4. The van der Waals surface area contributed by atoms with Crippen LogP contribution in [-0.4, -0.2) is 9.97 Å². The number of nitrogens with zero attached hydrogens (tertiary/aromatic N) is 1. The van der Waals surface area contributed by atoms with Crippen LogP contribution >= 0.6 is 11.6 Å². The Morgan fingerprint density at radius 1 is 1.05 bits per heavy atom. The number of rotatable bonds is 0. The van der Waals surface area contributed by atoms with E-state index in [9.17, 15) is 0 Å². The minimum atomic E-state index is 0.739. The van der Waals surface area contributed by atoms with Crippen molar-refractivity contribution in [2.75, 3.05) is 0 Å². The van der Waals surface area contributed by atoms with Gasteiger partial charge in [0.15, 0.2) is 0 Å². The molecule has 4 aromatic rings. The van der Waals surface area contributed by atoms with Crippen LogP contribution in [0.2, 0.25) is 5.02 Å². The molecule has 3 heteroatoms. The Kier molecular flexibility index (Phi) is 2.12. The molecule has 2 nitrogen and oxygen atoms in total. The first kappa shape index (κ1) is 10.8. The summed E-state index contributed by atoms with van der Waals surface area (Å²) in [5.41, 5.74) is 5.22. The molecule has 0 aliphatic carbocycles. The predicted molar refractivity (Wildman–Crippen MR) is 80.9 cm³/mol. The molecule has 4 rings (SSSR count). The highest BCUT2D eigenvalue weighted by atomic mass is 35.5. The van der Waals surface area contributed by atoms with Crippen LogP contribution in [0.15, 0.2) is 42.5 Å². The molecule has 0 fully saturated rings. The van der Waals surface area contributed by atoms with E-state index in [1.54, 1.807) is 0 Å². The number of aromatic nitrogens is 2. The number of pyridine rings is 1. The molecule has 0 bridgehead atoms. The Labute approximate surface area is 115 Å². The fourth-order valence-electron chi connectivity index (χ4n) is 2.58. The lowest BCUT2D eigenvalue weighted by Gasteiger charge is -2.00. The molecule has 0 amide bonds. The summed E-state index contributed by atoms with van der Waals surface area (Å²) in [5.74, 6) is 0. The van der Waals surface area contributed by atoms with Crippen LogP contribution in [-0.2, 0) is 0 Å². The zero-order valence-corrected chi connectivity index (χ0v) is 11.1. The third-order valence-electron chi connectivity index (χ3n) is 3.49. The quantitative estimate of drug-likeness (QED) is 0.485. The summed E-state index contributed by atoms with van der Waals surface area (Å²) < 4.78 is 0. The Hall–Kier alpha value is -2.06. The van der Waals surface area contributed by atoms with Gasteiger partial charge in [-0.2, -0.15) is 0 Å². The van der Waals surface area contributed by atoms with Gasteiger partial charge in [-0.1, -0.05) is 29.8 Å². The van der Waals surface area contributed by atoms with Crippen molar-refractivity contribution in [3.8, 4) is 0 Å². The van der Waals surface area contributed by atoms with Crippen molar-refractivity contribution in [3.63, 3.8) is 0 Å². The van der Waals surface area contributed by atoms with E-state index in [0.717, 1.165) is 37.9 Å². The summed E-state index contributed by atoms with van der Waals surface area (Å²) in [6.45, 7) is 2.08. The van der Waals surface area contributed by atoms with E-state index < -0.39 is 0 Å². The van der Waals surface area contributed by atoms with Crippen LogP contribution < -0.4 is 0 Å². The fraction of sp³-hybridized carbons (Fsp3) is 0.0625. The normalized spacial score (nSPS) is 11.7. The molecule has 2 aromatic carbocycles. The van der Waals surface area contributed by atoms with Gasteiger partial charge < -0.3 is 4.98 Å². The standard InChI is InChI=1S/C16H11ClN2/c1-9-5-6-10-8-14-16(19-13(10)7-9)15-11(17)3-2-4-12(15)18-14/h2-8,18H,1H3.